The second-order valence-corrected chi connectivity index (χ2v) is 3.65. The van der Waals surface area contributed by atoms with Crippen molar-refractivity contribution in [3.05, 3.63) is 11.5 Å². The Morgan fingerprint density at radius 1 is 0.714 bits per heavy atom. The Kier molecular flexibility index (Phi) is 15.6. The van der Waals surface area contributed by atoms with Gasteiger partial charge in [0.25, 0.3) is 11.9 Å². The minimum atomic E-state index is -1.31. The molecule has 0 rings (SSSR count). The number of carboxylic acids is 4. The standard InChI is InChI=1S/2C5H8NO4.Zn/c2*6-3(5(9)10)1-2-4(7)8;/h2*3,6H,1-2H2,(H,7,8)(H,9,10);/q2*-1;+2. The maximum Gasteiger partial charge on any atom is 2.00 e. The van der Waals surface area contributed by atoms with Crippen LogP contribution in [0.25, 0.3) is 11.5 Å². The SMILES string of the molecule is [NH-]C(CCC(=O)O)C(=O)O.[NH-]C(CCC(=O)O)C(=O)O.[Zn+2]. The van der Waals surface area contributed by atoms with E-state index < -0.39 is 36.0 Å². The van der Waals surface area contributed by atoms with Gasteiger partial charge in [-0.1, -0.05) is 0 Å². The van der Waals surface area contributed by atoms with E-state index in [2.05, 4.69) is 0 Å². The number of carboxylic acid groups (broad SMARTS) is 4. The summed E-state index contributed by atoms with van der Waals surface area (Å²) in [6, 6.07) is -2.62. The molecule has 0 bridgehead atoms. The van der Waals surface area contributed by atoms with Crippen molar-refractivity contribution in [3.63, 3.8) is 0 Å². The molecule has 0 radical (unpaired) electrons. The zero-order valence-corrected chi connectivity index (χ0v) is 14.1. The topological polar surface area (TPSA) is 197 Å². The Bertz CT molecular complexity index is 329. The maximum absolute atomic E-state index is 9.93. The van der Waals surface area contributed by atoms with Crippen molar-refractivity contribution in [2.24, 2.45) is 0 Å². The van der Waals surface area contributed by atoms with Crippen molar-refractivity contribution in [1.29, 1.82) is 0 Å². The molecule has 0 aromatic heterocycles. The fraction of sp³-hybridized carbons (Fsp3) is 0.600. The Morgan fingerprint density at radius 3 is 1.10 bits per heavy atom. The molecule has 0 aliphatic rings. The van der Waals surface area contributed by atoms with Crippen LogP contribution >= 0.6 is 0 Å². The Labute approximate surface area is 132 Å². The number of hydrogen-bond donors (Lipinski definition) is 4. The molecule has 0 aromatic carbocycles. The van der Waals surface area contributed by atoms with E-state index in [0.29, 0.717) is 0 Å². The van der Waals surface area contributed by atoms with E-state index in [1.54, 1.807) is 0 Å². The minimum Gasteiger partial charge on any atom is -0.665 e. The third-order valence-corrected chi connectivity index (χ3v) is 1.89. The molecule has 2 unspecified atom stereocenters. The molecular formula is C10H16N2O8Zn. The first-order valence-corrected chi connectivity index (χ1v) is 5.39. The summed E-state index contributed by atoms with van der Waals surface area (Å²) in [5, 5.41) is 32.4. The summed E-state index contributed by atoms with van der Waals surface area (Å²) in [5.41, 5.74) is 13.5. The van der Waals surface area contributed by atoms with Gasteiger partial charge in [0.05, 0.1) is 0 Å². The average molecular weight is 358 g/mol. The number of hydrogen-bond acceptors (Lipinski definition) is 4. The van der Waals surface area contributed by atoms with Crippen LogP contribution < -0.4 is 0 Å². The van der Waals surface area contributed by atoms with Crippen LogP contribution in [0.1, 0.15) is 25.7 Å². The molecule has 116 valence electrons. The molecule has 2 atom stereocenters. The van der Waals surface area contributed by atoms with Gasteiger partial charge in [0.15, 0.2) is 0 Å². The molecule has 11 heteroatoms. The Hall–Kier alpha value is -1.58. The number of aliphatic carboxylic acids is 4. The Balaban J connectivity index is -0.000000295. The fourth-order valence-electron chi connectivity index (χ4n) is 0.783. The number of rotatable bonds is 8. The van der Waals surface area contributed by atoms with Gasteiger partial charge in [-0.05, 0) is 24.9 Å². The zero-order valence-electron chi connectivity index (χ0n) is 11.1. The van der Waals surface area contributed by atoms with Crippen molar-refractivity contribution < 1.29 is 59.1 Å². The molecule has 0 fully saturated rings. The van der Waals surface area contributed by atoms with Gasteiger partial charge in [-0.2, -0.15) is 0 Å². The van der Waals surface area contributed by atoms with Crippen LogP contribution in [0.5, 0.6) is 0 Å². The molecule has 21 heavy (non-hydrogen) atoms. The van der Waals surface area contributed by atoms with Crippen molar-refractivity contribution >= 4 is 23.9 Å². The summed E-state index contributed by atoms with van der Waals surface area (Å²) < 4.78 is 0. The zero-order chi connectivity index (χ0) is 16.3. The van der Waals surface area contributed by atoms with E-state index in [0.717, 1.165) is 0 Å². The third kappa shape index (κ3) is 18.4. The van der Waals surface area contributed by atoms with E-state index in [1.165, 1.54) is 0 Å². The van der Waals surface area contributed by atoms with Gasteiger partial charge in [-0.25, -0.2) is 0 Å². The molecular weight excluding hydrogens is 342 g/mol. The van der Waals surface area contributed by atoms with Crippen molar-refractivity contribution in [3.8, 4) is 0 Å². The largest absolute Gasteiger partial charge is 2.00 e. The van der Waals surface area contributed by atoms with Gasteiger partial charge in [-0.15, -0.1) is 0 Å². The molecule has 0 aliphatic heterocycles. The van der Waals surface area contributed by atoms with Crippen LogP contribution in [0.2, 0.25) is 0 Å². The molecule has 10 nitrogen and oxygen atoms in total. The van der Waals surface area contributed by atoms with Gasteiger partial charge in [0, 0.05) is 12.8 Å². The summed E-state index contributed by atoms with van der Waals surface area (Å²) >= 11 is 0. The molecule has 0 aliphatic carbocycles. The Morgan fingerprint density at radius 2 is 0.952 bits per heavy atom. The second kappa shape index (κ2) is 13.4. The molecule has 0 saturated carbocycles. The smallest absolute Gasteiger partial charge is 0.665 e. The first kappa shape index (κ1) is 24.4. The normalized spacial score (nSPS) is 11.9. The predicted molar refractivity (Wildman–Crippen MR) is 65.2 cm³/mol. The van der Waals surface area contributed by atoms with Crippen molar-refractivity contribution in [1.82, 2.24) is 0 Å². The van der Waals surface area contributed by atoms with E-state index >= 15 is 0 Å². The summed E-state index contributed by atoms with van der Waals surface area (Å²) in [6.07, 6.45) is -0.795. The molecule has 0 spiro atoms. The first-order chi connectivity index (χ1) is 9.07. The summed E-state index contributed by atoms with van der Waals surface area (Å²) in [5.74, 6) is -4.69. The summed E-state index contributed by atoms with van der Waals surface area (Å²) in [4.78, 5) is 39.6. The van der Waals surface area contributed by atoms with Crippen molar-refractivity contribution in [2.75, 3.05) is 0 Å². The van der Waals surface area contributed by atoms with Gasteiger partial charge >= 0.3 is 31.4 Å². The maximum atomic E-state index is 9.93. The van der Waals surface area contributed by atoms with Crippen LogP contribution in [0.4, 0.5) is 0 Å². The quantitative estimate of drug-likeness (QED) is 0.455. The van der Waals surface area contributed by atoms with E-state index in [9.17, 15) is 19.2 Å². The monoisotopic (exact) mass is 356 g/mol. The molecule has 6 N–H and O–H groups in total. The molecule has 0 aromatic rings. The fourth-order valence-corrected chi connectivity index (χ4v) is 0.783. The van der Waals surface area contributed by atoms with Gasteiger partial charge in [0.1, 0.15) is 0 Å². The van der Waals surface area contributed by atoms with Crippen LogP contribution in [0.3, 0.4) is 0 Å². The number of carbonyl (C=O) groups is 4. The van der Waals surface area contributed by atoms with Crippen LogP contribution in [0.15, 0.2) is 0 Å². The number of nitrogens with one attached hydrogen (secondary N) is 2. The molecule has 0 heterocycles. The predicted octanol–water partition coefficient (Wildman–Crippen LogP) is 0.711. The third-order valence-electron chi connectivity index (χ3n) is 1.89. The second-order valence-electron chi connectivity index (χ2n) is 3.65. The average Bonchev–Trinajstić information content (AvgIpc) is 2.33. The van der Waals surface area contributed by atoms with Gasteiger partial charge < -0.3 is 31.9 Å². The molecule has 0 amide bonds. The van der Waals surface area contributed by atoms with E-state index in [4.69, 9.17) is 31.9 Å². The van der Waals surface area contributed by atoms with Crippen LogP contribution in [-0.2, 0) is 38.7 Å². The summed E-state index contributed by atoms with van der Waals surface area (Å²) in [6.45, 7) is 0. The summed E-state index contributed by atoms with van der Waals surface area (Å²) in [7, 11) is 0. The van der Waals surface area contributed by atoms with Crippen LogP contribution in [0, 0.1) is 0 Å². The first-order valence-electron chi connectivity index (χ1n) is 5.39. The minimum absolute atomic E-state index is 0. The van der Waals surface area contributed by atoms with Crippen LogP contribution in [-0.4, -0.2) is 56.4 Å². The molecule has 0 saturated heterocycles. The van der Waals surface area contributed by atoms with E-state index in [1.807, 2.05) is 0 Å². The van der Waals surface area contributed by atoms with Gasteiger partial charge in [0.2, 0.25) is 0 Å². The van der Waals surface area contributed by atoms with E-state index in [-0.39, 0.29) is 45.2 Å². The van der Waals surface area contributed by atoms with Gasteiger partial charge in [-0.3, -0.25) is 19.2 Å². The van der Waals surface area contributed by atoms with Crippen molar-refractivity contribution in [2.45, 2.75) is 37.8 Å².